The van der Waals surface area contributed by atoms with Gasteiger partial charge < -0.3 is 214 Å². The Morgan fingerprint density at radius 1 is 0.258 bits per heavy atom. The molecule has 7 saturated heterocycles. The van der Waals surface area contributed by atoms with Crippen molar-refractivity contribution in [2.75, 3.05) is 53.1 Å². The van der Waals surface area contributed by atoms with Crippen LogP contribution in [0.3, 0.4) is 0 Å². The molecule has 0 aromatic rings. The normalized spacial score (nSPS) is 44.6. The highest BCUT2D eigenvalue weighted by molar-refractivity contribution is 7.81. The first-order valence-corrected chi connectivity index (χ1v) is 32.4. The molecule has 7 heterocycles. The van der Waals surface area contributed by atoms with Crippen LogP contribution < -0.4 is 63.8 Å². The van der Waals surface area contributed by atoms with Gasteiger partial charge in [-0.15, -0.1) is 0 Å². The molecule has 7 rings (SSSR count). The van der Waals surface area contributed by atoms with Gasteiger partial charge in [0.05, 0.1) is 31.9 Å². The summed E-state index contributed by atoms with van der Waals surface area (Å²) < 4.78 is 44.9. The van der Waals surface area contributed by atoms with E-state index in [0.29, 0.717) is 0 Å². The number of aliphatic hydroxyl groups is 22. The van der Waals surface area contributed by atoms with E-state index < -0.39 is 264 Å². The van der Waals surface area contributed by atoms with Gasteiger partial charge in [-0.1, -0.05) is 0 Å². The third kappa shape index (κ3) is 19.8. The van der Waals surface area contributed by atoms with Crippen LogP contribution in [0.1, 0.15) is 0 Å². The van der Waals surface area contributed by atoms with Crippen molar-refractivity contribution in [3.8, 4) is 0 Å². The second-order valence-electron chi connectivity index (χ2n) is 23.4. The minimum atomic E-state index is -1.94. The van der Waals surface area contributed by atoms with Crippen molar-refractivity contribution in [2.45, 2.75) is 214 Å². The van der Waals surface area contributed by atoms with E-state index in [1.54, 1.807) is 0 Å². The number of hydrogen-bond acceptors (Lipinski definition) is 36. The van der Waals surface area contributed by atoms with Crippen molar-refractivity contribution in [1.29, 1.82) is 0 Å². The summed E-state index contributed by atoms with van der Waals surface area (Å²) in [5.41, 5.74) is 0. The predicted octanol–water partition coefficient (Wildman–Crippen LogP) is -18.9. The van der Waals surface area contributed by atoms with Crippen LogP contribution in [0.15, 0.2) is 0 Å². The SMILES string of the molecule is CO[C@H]1O[C@H](CNC(=S)N[C@@H]2O[C@H](CNC(=S)N[C@@H]3O[C@H](CNC(=S)N[C@@H]4O[C@H](CNC(=S)N[C@@H]5O[C@H](CO)[C@@H](O)[C@H](O)[C@H]5O)[C@@H](O)[C@H](NC(=S)N[C@@H]5O[C@H](CO)[C@@H](O)[C@H](O)[C@H]5O)[C@H]4O)[C@@H](O)[C@H](O)[C@H]3O)[C@@H](O)[C@H](NC(=S)N[C@@H]3O[C@H](CO)[C@@H](O)[C@H](O)[C@H]3O)[C@H]2O)[C@@H](O)[C@H](O)[C@H]1O. The van der Waals surface area contributed by atoms with Crippen LogP contribution >= 0.6 is 73.3 Å². The lowest BCUT2D eigenvalue weighted by Gasteiger charge is -2.45. The number of ether oxygens (including phenoxy) is 8. The van der Waals surface area contributed by atoms with Crippen LogP contribution in [-0.2, 0) is 37.9 Å². The Hall–Kier alpha value is -3.06. The molecule has 7 aliphatic rings. The van der Waals surface area contributed by atoms with Crippen molar-refractivity contribution >= 4 is 104 Å². The highest BCUT2D eigenvalue weighted by Crippen LogP contribution is 2.28. The molecule has 35 atom stereocenters. The van der Waals surface area contributed by atoms with Crippen molar-refractivity contribution in [2.24, 2.45) is 0 Å². The summed E-state index contributed by atoms with van der Waals surface area (Å²) in [6, 6.07) is -3.08. The Kier molecular flexibility index (Phi) is 30.5. The predicted molar refractivity (Wildman–Crippen MR) is 343 cm³/mol. The van der Waals surface area contributed by atoms with E-state index in [-0.39, 0.29) is 27.0 Å². The van der Waals surface area contributed by atoms with Crippen molar-refractivity contribution in [1.82, 2.24) is 63.8 Å². The van der Waals surface area contributed by atoms with Gasteiger partial charge in [0.1, 0.15) is 159 Å². The van der Waals surface area contributed by atoms with E-state index >= 15 is 0 Å². The minimum absolute atomic E-state index is 0.262. The summed E-state index contributed by atoms with van der Waals surface area (Å²) in [6.07, 6.45) is -54.0. The van der Waals surface area contributed by atoms with Gasteiger partial charge in [0, 0.05) is 33.3 Å². The third-order valence-corrected chi connectivity index (χ3v) is 18.4. The molecule has 558 valence electrons. The van der Waals surface area contributed by atoms with E-state index in [1.807, 2.05) is 0 Å². The number of rotatable bonds is 20. The van der Waals surface area contributed by atoms with Crippen molar-refractivity contribution in [3.05, 3.63) is 0 Å². The highest BCUT2D eigenvalue weighted by atomic mass is 32.1. The zero-order chi connectivity index (χ0) is 71.8. The van der Waals surface area contributed by atoms with Gasteiger partial charge >= 0.3 is 0 Å². The molecular weight excluding hydrogens is 1430 g/mol. The summed E-state index contributed by atoms with van der Waals surface area (Å²) >= 11 is 32.6. The maximum absolute atomic E-state index is 11.7. The van der Waals surface area contributed by atoms with Gasteiger partial charge in [-0.05, 0) is 73.3 Å². The molecule has 48 heteroatoms. The molecule has 34 N–H and O–H groups in total. The zero-order valence-corrected chi connectivity index (χ0v) is 55.6. The Morgan fingerprint density at radius 2 is 0.474 bits per heavy atom. The summed E-state index contributed by atoms with van der Waals surface area (Å²) in [5.74, 6) is 0. The molecule has 0 aromatic heterocycles. The number of aliphatic hydroxyl groups excluding tert-OH is 22. The summed E-state index contributed by atoms with van der Waals surface area (Å²) in [5, 5.41) is 264. The first-order valence-electron chi connectivity index (χ1n) is 29.9. The molecule has 0 saturated carbocycles. The van der Waals surface area contributed by atoms with Gasteiger partial charge in [-0.2, -0.15) is 0 Å². The van der Waals surface area contributed by atoms with Crippen molar-refractivity contribution < 1.29 is 150 Å². The first kappa shape index (κ1) is 81.2. The number of thiocarbonyl (C=S) groups is 6. The van der Waals surface area contributed by atoms with Gasteiger partial charge in [-0.3, -0.25) is 0 Å². The highest BCUT2D eigenvalue weighted by Gasteiger charge is 2.52. The average molecular weight is 1520 g/mol. The molecule has 42 nitrogen and oxygen atoms in total. The minimum Gasteiger partial charge on any atom is -0.394 e. The van der Waals surface area contributed by atoms with Crippen molar-refractivity contribution in [3.63, 3.8) is 0 Å². The standard InChI is InChI=1S/C49H86N12O30S6/c1-84-43-36(83)31(78)21(68)12(91-43)5-53-45(93)57-38-26(73)17(55-49(97)61-42-35(82)30(77)24(71)15(8-64)90-42)18(65)9(86-38)2-50-46(94)58-39-32(79)27(74)20(67)11(87-39)4-52-44(92)56-37-25(72)16(54-48(96)60-41-34(81)29(76)23(70)14(7-63)89-41)19(66)10(85-37)3-51-47(95)59-40-33(80)28(75)22(69)13(6-62)88-40/h9-43,62-83H,2-8H2,1H3,(H2,50,58,94)(H2,51,59,95)(H2,52,56,92)(H2,53,57,93)(H2,54,60,96)(H2,55,61,97)/t9-,10-,11-,12-,13-,14-,15-,16+,17+,18-,19-,20-,21-,22-,23-,24-,25-,26-,27+,28+,29+,30+,31+,32-,33-,34-,35-,36-,37-,38-,39-,40-,41-,42-,43+/m1/s1. The van der Waals surface area contributed by atoms with E-state index in [0.717, 1.165) is 0 Å². The van der Waals surface area contributed by atoms with Gasteiger partial charge in [0.25, 0.3) is 0 Å². The second kappa shape index (κ2) is 36.4. The molecule has 0 aromatic carbocycles. The van der Waals surface area contributed by atoms with Gasteiger partial charge in [0.2, 0.25) is 0 Å². The molecule has 0 amide bonds. The molecule has 0 radical (unpaired) electrons. The fraction of sp³-hybridized carbons (Fsp3) is 0.878. The summed E-state index contributed by atoms with van der Waals surface area (Å²) in [7, 11) is 1.19. The summed E-state index contributed by atoms with van der Waals surface area (Å²) in [4.78, 5) is 0. The number of methoxy groups -OCH3 is 1. The second-order valence-corrected chi connectivity index (χ2v) is 25.9. The van der Waals surface area contributed by atoms with E-state index in [1.165, 1.54) is 7.11 Å². The van der Waals surface area contributed by atoms with Crippen LogP contribution in [-0.4, -0.2) is 411 Å². The Morgan fingerprint density at radius 3 is 0.742 bits per heavy atom. The van der Waals surface area contributed by atoms with Gasteiger partial charge in [-0.25, -0.2) is 0 Å². The molecule has 0 aliphatic carbocycles. The number of hydrogen-bond donors (Lipinski definition) is 34. The topological polar surface area (TPSA) is 663 Å². The first-order chi connectivity index (χ1) is 45.7. The fourth-order valence-electron chi connectivity index (χ4n) is 11.2. The number of nitrogens with one attached hydrogen (secondary N) is 12. The van der Waals surface area contributed by atoms with E-state index in [9.17, 15) is 112 Å². The Balaban J connectivity index is 0.985. The maximum Gasteiger partial charge on any atom is 0.186 e. The van der Waals surface area contributed by atoms with Crippen LogP contribution in [0.4, 0.5) is 0 Å². The molecule has 7 fully saturated rings. The molecule has 7 aliphatic heterocycles. The lowest BCUT2D eigenvalue weighted by Crippen LogP contribution is -2.71. The maximum atomic E-state index is 11.7. The van der Waals surface area contributed by atoms with Crippen LogP contribution in [0.5, 0.6) is 0 Å². The van der Waals surface area contributed by atoms with E-state index in [2.05, 4.69) is 63.8 Å². The fourth-order valence-corrected chi connectivity index (χ4v) is 12.5. The Bertz CT molecular complexity index is 2610. The third-order valence-electron chi connectivity index (χ3n) is 16.9. The molecule has 0 spiro atoms. The van der Waals surface area contributed by atoms with Gasteiger partial charge in [0.15, 0.2) is 74.3 Å². The molecular formula is C49H86N12O30S6. The molecule has 0 bridgehead atoms. The van der Waals surface area contributed by atoms with Crippen LogP contribution in [0.25, 0.3) is 0 Å². The Labute approximate surface area is 582 Å². The van der Waals surface area contributed by atoms with E-state index in [4.69, 9.17) is 111 Å². The zero-order valence-electron chi connectivity index (χ0n) is 50.7. The largest absolute Gasteiger partial charge is 0.394 e. The molecule has 97 heavy (non-hydrogen) atoms. The molecule has 0 unspecified atom stereocenters. The van der Waals surface area contributed by atoms with Crippen LogP contribution in [0, 0.1) is 0 Å². The monoisotopic (exact) mass is 1510 g/mol. The lowest BCUT2D eigenvalue weighted by molar-refractivity contribution is -0.288. The van der Waals surface area contributed by atoms with Crippen LogP contribution in [0.2, 0.25) is 0 Å². The lowest BCUT2D eigenvalue weighted by atomic mass is 9.95. The summed E-state index contributed by atoms with van der Waals surface area (Å²) in [6.45, 7) is -4.02. The quantitative estimate of drug-likeness (QED) is 0.0503. The smallest absolute Gasteiger partial charge is 0.186 e. The average Bonchev–Trinajstić information content (AvgIpc) is 0.828.